The first-order chi connectivity index (χ1) is 25.5. The standard InChI is InChI=1S/C48H43N3O2/c1-30(2)38-22-23-49-45-39(18-13-19-40(38)45)32-24-31(3)25-33(26-32)41-28-37(51(35-14-9-7-10-15-35)36-16-11-8-12-17-36)29-44-46(41)50-47(53-44)42-27-34(48(4,5)6)20-21-43(42)52/h7-30,52H,1-6H3. The summed E-state index contributed by atoms with van der Waals surface area (Å²) in [7, 11) is 0. The largest absolute Gasteiger partial charge is 0.507 e. The second-order valence-electron chi connectivity index (χ2n) is 15.2. The number of aryl methyl sites for hydroxylation is 1. The minimum atomic E-state index is -0.122. The van der Waals surface area contributed by atoms with E-state index in [0.29, 0.717) is 23.0 Å². The van der Waals surface area contributed by atoms with Crippen molar-refractivity contribution in [3.63, 3.8) is 0 Å². The number of aromatic hydroxyl groups is 1. The monoisotopic (exact) mass is 693 g/mol. The van der Waals surface area contributed by atoms with Crippen molar-refractivity contribution in [2.75, 3.05) is 4.90 Å². The fourth-order valence-corrected chi connectivity index (χ4v) is 7.28. The van der Waals surface area contributed by atoms with E-state index in [1.807, 2.05) is 30.5 Å². The maximum atomic E-state index is 11.1. The number of para-hydroxylation sites is 3. The molecule has 8 aromatic rings. The quantitative estimate of drug-likeness (QED) is 0.180. The molecule has 1 N–H and O–H groups in total. The Morgan fingerprint density at radius 3 is 1.98 bits per heavy atom. The van der Waals surface area contributed by atoms with E-state index in [1.165, 1.54) is 10.9 Å². The normalized spacial score (nSPS) is 11.8. The lowest BCUT2D eigenvalue weighted by atomic mass is 9.86. The number of nitrogens with zero attached hydrogens (tertiary/aromatic N) is 3. The number of rotatable bonds is 7. The fourth-order valence-electron chi connectivity index (χ4n) is 7.28. The highest BCUT2D eigenvalue weighted by Crippen LogP contribution is 2.44. The SMILES string of the molecule is Cc1cc(-c2cc(N(c3ccccc3)c3ccccc3)cc3oc(-c4cc(C(C)(C)C)ccc4O)nc23)cc(-c2cccc3c(C(C)C)ccnc23)c1. The number of pyridine rings is 1. The number of phenols is 1. The molecule has 262 valence electrons. The summed E-state index contributed by atoms with van der Waals surface area (Å²) < 4.78 is 6.66. The van der Waals surface area contributed by atoms with Crippen molar-refractivity contribution in [3.05, 3.63) is 156 Å². The second kappa shape index (κ2) is 13.4. The molecule has 0 aliphatic carbocycles. The van der Waals surface area contributed by atoms with E-state index in [4.69, 9.17) is 14.4 Å². The third-order valence-corrected chi connectivity index (χ3v) is 9.99. The van der Waals surface area contributed by atoms with E-state index in [-0.39, 0.29) is 11.2 Å². The average molecular weight is 694 g/mol. The van der Waals surface area contributed by atoms with Crippen molar-refractivity contribution >= 4 is 39.1 Å². The lowest BCUT2D eigenvalue weighted by Crippen LogP contribution is -2.10. The molecule has 5 heteroatoms. The van der Waals surface area contributed by atoms with Gasteiger partial charge in [-0.05, 0) is 101 Å². The molecule has 5 nitrogen and oxygen atoms in total. The Kier molecular flexibility index (Phi) is 8.58. The summed E-state index contributed by atoms with van der Waals surface area (Å²) >= 11 is 0. The Morgan fingerprint density at radius 2 is 1.32 bits per heavy atom. The molecule has 2 heterocycles. The molecule has 0 saturated heterocycles. The van der Waals surface area contributed by atoms with E-state index < -0.39 is 0 Å². The smallest absolute Gasteiger partial charge is 0.231 e. The predicted octanol–water partition coefficient (Wildman–Crippen LogP) is 13.3. The average Bonchev–Trinajstić information content (AvgIpc) is 3.58. The van der Waals surface area contributed by atoms with Crippen LogP contribution in [-0.2, 0) is 5.41 Å². The molecule has 0 aliphatic heterocycles. The van der Waals surface area contributed by atoms with Crippen LogP contribution in [0.5, 0.6) is 5.75 Å². The van der Waals surface area contributed by atoms with E-state index in [2.05, 4.69) is 150 Å². The van der Waals surface area contributed by atoms with E-state index in [9.17, 15) is 5.11 Å². The maximum Gasteiger partial charge on any atom is 0.231 e. The molecule has 0 saturated carbocycles. The van der Waals surface area contributed by atoms with Gasteiger partial charge in [0.25, 0.3) is 0 Å². The van der Waals surface area contributed by atoms with Crippen LogP contribution in [-0.4, -0.2) is 15.1 Å². The zero-order valence-corrected chi connectivity index (χ0v) is 31.1. The number of fused-ring (bicyclic) bond motifs is 2. The Morgan fingerprint density at radius 1 is 0.642 bits per heavy atom. The van der Waals surface area contributed by atoms with Gasteiger partial charge in [-0.2, -0.15) is 0 Å². The van der Waals surface area contributed by atoms with Crippen LogP contribution >= 0.6 is 0 Å². The van der Waals surface area contributed by atoms with Crippen LogP contribution in [0.1, 0.15) is 57.2 Å². The molecule has 2 aromatic heterocycles. The lowest BCUT2D eigenvalue weighted by Gasteiger charge is -2.26. The number of hydrogen-bond donors (Lipinski definition) is 1. The van der Waals surface area contributed by atoms with Gasteiger partial charge in [0, 0.05) is 40.2 Å². The number of hydrogen-bond acceptors (Lipinski definition) is 5. The van der Waals surface area contributed by atoms with Gasteiger partial charge in [0.15, 0.2) is 5.58 Å². The molecule has 0 bridgehead atoms. The van der Waals surface area contributed by atoms with Crippen molar-refractivity contribution in [2.45, 2.75) is 52.9 Å². The van der Waals surface area contributed by atoms with Gasteiger partial charge in [0.05, 0.1) is 16.8 Å². The maximum absolute atomic E-state index is 11.1. The zero-order chi connectivity index (χ0) is 36.9. The third-order valence-electron chi connectivity index (χ3n) is 9.99. The van der Waals surface area contributed by atoms with Crippen molar-refractivity contribution in [1.29, 1.82) is 0 Å². The van der Waals surface area contributed by atoms with Crippen LogP contribution in [0.25, 0.3) is 55.7 Å². The number of phenolic OH excluding ortho intramolecular Hbond substituents is 1. The molecule has 53 heavy (non-hydrogen) atoms. The first-order valence-corrected chi connectivity index (χ1v) is 18.2. The number of aromatic nitrogens is 2. The highest BCUT2D eigenvalue weighted by atomic mass is 16.3. The summed E-state index contributed by atoms with van der Waals surface area (Å²) in [5.74, 6) is 0.880. The summed E-state index contributed by atoms with van der Waals surface area (Å²) in [5.41, 5.74) is 13.4. The number of oxazole rings is 1. The molecule has 0 spiro atoms. The molecule has 0 fully saturated rings. The molecule has 0 amide bonds. The zero-order valence-electron chi connectivity index (χ0n) is 31.1. The van der Waals surface area contributed by atoms with Gasteiger partial charge in [0.1, 0.15) is 11.3 Å². The summed E-state index contributed by atoms with van der Waals surface area (Å²) in [6.45, 7) is 13.1. The Bertz CT molecular complexity index is 2560. The summed E-state index contributed by atoms with van der Waals surface area (Å²) in [5, 5.41) is 12.3. The Balaban J connectivity index is 1.39. The molecule has 6 aromatic carbocycles. The van der Waals surface area contributed by atoms with E-state index in [1.54, 1.807) is 6.07 Å². The number of anilines is 3. The topological polar surface area (TPSA) is 62.4 Å². The molecular formula is C48H43N3O2. The Labute approximate surface area is 311 Å². The van der Waals surface area contributed by atoms with Crippen LogP contribution in [0, 0.1) is 6.92 Å². The van der Waals surface area contributed by atoms with E-state index >= 15 is 0 Å². The summed E-state index contributed by atoms with van der Waals surface area (Å²) in [4.78, 5) is 12.3. The predicted molar refractivity (Wildman–Crippen MR) is 219 cm³/mol. The van der Waals surface area contributed by atoms with Gasteiger partial charge >= 0.3 is 0 Å². The van der Waals surface area contributed by atoms with Crippen LogP contribution in [0.2, 0.25) is 0 Å². The first-order valence-electron chi connectivity index (χ1n) is 18.2. The molecule has 8 rings (SSSR count). The van der Waals surface area contributed by atoms with E-state index in [0.717, 1.165) is 61.5 Å². The van der Waals surface area contributed by atoms with Crippen LogP contribution in [0.3, 0.4) is 0 Å². The van der Waals surface area contributed by atoms with Crippen molar-refractivity contribution in [2.24, 2.45) is 0 Å². The molecule has 0 unspecified atom stereocenters. The molecule has 0 aliphatic rings. The van der Waals surface area contributed by atoms with Gasteiger partial charge in [-0.3, -0.25) is 4.98 Å². The highest BCUT2D eigenvalue weighted by molar-refractivity contribution is 6.00. The molecule has 0 radical (unpaired) electrons. The van der Waals surface area contributed by atoms with Crippen LogP contribution < -0.4 is 4.90 Å². The Hall–Kier alpha value is -6.20. The molecular weight excluding hydrogens is 651 g/mol. The van der Waals surface area contributed by atoms with Gasteiger partial charge in [-0.1, -0.05) is 107 Å². The highest BCUT2D eigenvalue weighted by Gasteiger charge is 2.23. The second-order valence-corrected chi connectivity index (χ2v) is 15.2. The summed E-state index contributed by atoms with van der Waals surface area (Å²) in [6.07, 6.45) is 1.92. The van der Waals surface area contributed by atoms with Gasteiger partial charge in [-0.15, -0.1) is 0 Å². The lowest BCUT2D eigenvalue weighted by molar-refractivity contribution is 0.473. The minimum Gasteiger partial charge on any atom is -0.507 e. The first kappa shape index (κ1) is 33.9. The third kappa shape index (κ3) is 6.44. The fraction of sp³-hybridized carbons (Fsp3) is 0.167. The minimum absolute atomic E-state index is 0.122. The van der Waals surface area contributed by atoms with Gasteiger partial charge < -0.3 is 14.4 Å². The molecule has 0 atom stereocenters. The summed E-state index contributed by atoms with van der Waals surface area (Å²) in [6, 6.07) is 46.0. The number of benzene rings is 6. The van der Waals surface area contributed by atoms with Gasteiger partial charge in [-0.25, -0.2) is 4.98 Å². The van der Waals surface area contributed by atoms with Crippen LogP contribution in [0.15, 0.2) is 144 Å². The van der Waals surface area contributed by atoms with Crippen molar-refractivity contribution < 1.29 is 9.52 Å². The van der Waals surface area contributed by atoms with Crippen molar-refractivity contribution in [1.82, 2.24) is 9.97 Å². The van der Waals surface area contributed by atoms with Crippen LogP contribution in [0.4, 0.5) is 17.1 Å². The van der Waals surface area contributed by atoms with Crippen molar-refractivity contribution in [3.8, 4) is 39.5 Å². The van der Waals surface area contributed by atoms with Gasteiger partial charge in [0.2, 0.25) is 5.89 Å².